The Morgan fingerprint density at radius 2 is 1.93 bits per heavy atom. The number of hydrogen-bond donors (Lipinski definition) is 1. The maximum Gasteiger partial charge on any atom is 0.387 e. The number of carbonyl (C=O) groups excluding carboxylic acids is 1. The fraction of sp³-hybridized carbons (Fsp3) is 0.350. The van der Waals surface area contributed by atoms with Gasteiger partial charge >= 0.3 is 6.61 Å². The molecule has 1 N–H and O–H groups in total. The topological polar surface area (TPSA) is 44.8 Å². The number of rotatable bonds is 6. The van der Waals surface area contributed by atoms with E-state index < -0.39 is 6.61 Å². The summed E-state index contributed by atoms with van der Waals surface area (Å²) in [4.78, 5) is 16.7. The predicted molar refractivity (Wildman–Crippen MR) is 107 cm³/mol. The van der Waals surface area contributed by atoms with Crippen molar-refractivity contribution in [3.05, 3.63) is 53.1 Å². The van der Waals surface area contributed by atoms with Gasteiger partial charge in [0, 0.05) is 37.6 Å². The fourth-order valence-corrected chi connectivity index (χ4v) is 3.39. The van der Waals surface area contributed by atoms with E-state index in [-0.39, 0.29) is 23.2 Å². The largest absolute Gasteiger partial charge is 0.433 e. The van der Waals surface area contributed by atoms with Crippen molar-refractivity contribution in [1.29, 1.82) is 0 Å². The summed E-state index contributed by atoms with van der Waals surface area (Å²) in [6.45, 7) is 2.64. The Morgan fingerprint density at radius 1 is 1.18 bits per heavy atom. The molecule has 150 valence electrons. The van der Waals surface area contributed by atoms with Crippen molar-refractivity contribution in [2.45, 2.75) is 13.5 Å². The molecule has 2 aromatic rings. The lowest BCUT2D eigenvalue weighted by Gasteiger charge is -2.35. The van der Waals surface area contributed by atoms with E-state index >= 15 is 0 Å². The fourth-order valence-electron chi connectivity index (χ4n) is 3.16. The molecular weight excluding hydrogens is 388 g/mol. The molecule has 28 heavy (non-hydrogen) atoms. The molecule has 1 amide bonds. The molecule has 2 aromatic carbocycles. The van der Waals surface area contributed by atoms with Crippen LogP contribution >= 0.6 is 11.6 Å². The number of amides is 1. The van der Waals surface area contributed by atoms with Gasteiger partial charge in [0.05, 0.1) is 11.6 Å². The first-order chi connectivity index (χ1) is 13.4. The van der Waals surface area contributed by atoms with Crippen LogP contribution in [0.5, 0.6) is 5.75 Å². The van der Waals surface area contributed by atoms with E-state index in [0.717, 1.165) is 26.2 Å². The molecule has 0 aromatic heterocycles. The van der Waals surface area contributed by atoms with Gasteiger partial charge in [0.2, 0.25) is 5.91 Å². The molecule has 0 atom stereocenters. The number of alkyl halides is 2. The summed E-state index contributed by atoms with van der Waals surface area (Å²) in [5.41, 5.74) is 2.86. The third-order valence-electron chi connectivity index (χ3n) is 4.54. The van der Waals surface area contributed by atoms with Crippen molar-refractivity contribution in [1.82, 2.24) is 4.90 Å². The second-order valence-electron chi connectivity index (χ2n) is 6.67. The van der Waals surface area contributed by atoms with E-state index in [1.54, 1.807) is 0 Å². The van der Waals surface area contributed by atoms with Gasteiger partial charge < -0.3 is 15.0 Å². The van der Waals surface area contributed by atoms with Crippen LogP contribution in [0, 0.1) is 6.92 Å². The van der Waals surface area contributed by atoms with Gasteiger partial charge in [0.1, 0.15) is 5.75 Å². The zero-order valence-electron chi connectivity index (χ0n) is 15.5. The zero-order chi connectivity index (χ0) is 20.1. The molecule has 1 aliphatic rings. The summed E-state index contributed by atoms with van der Waals surface area (Å²) in [6, 6.07) is 12.6. The summed E-state index contributed by atoms with van der Waals surface area (Å²) in [5, 5.41) is 2.76. The van der Waals surface area contributed by atoms with Gasteiger partial charge in [-0.2, -0.15) is 8.78 Å². The maximum absolute atomic E-state index is 12.3. The number of benzene rings is 2. The Balaban J connectivity index is 1.49. The highest BCUT2D eigenvalue weighted by Gasteiger charge is 2.19. The number of aryl methyl sites for hydroxylation is 1. The first-order valence-corrected chi connectivity index (χ1v) is 9.37. The number of anilines is 2. The van der Waals surface area contributed by atoms with Gasteiger partial charge in [-0.3, -0.25) is 9.69 Å². The predicted octanol–water partition coefficient (Wildman–Crippen LogP) is 4.01. The zero-order valence-corrected chi connectivity index (χ0v) is 16.3. The van der Waals surface area contributed by atoms with E-state index in [4.69, 9.17) is 11.6 Å². The quantitative estimate of drug-likeness (QED) is 0.783. The number of hydrogen-bond acceptors (Lipinski definition) is 4. The van der Waals surface area contributed by atoms with Gasteiger partial charge in [-0.25, -0.2) is 0 Å². The van der Waals surface area contributed by atoms with Crippen molar-refractivity contribution in [3.8, 4) is 5.75 Å². The van der Waals surface area contributed by atoms with E-state index in [2.05, 4.69) is 45.0 Å². The minimum Gasteiger partial charge on any atom is -0.433 e. The number of ether oxygens (including phenoxy) is 1. The Morgan fingerprint density at radius 3 is 2.57 bits per heavy atom. The van der Waals surface area contributed by atoms with Gasteiger partial charge in [-0.15, -0.1) is 0 Å². The molecule has 1 saturated heterocycles. The van der Waals surface area contributed by atoms with Crippen LogP contribution in [0.4, 0.5) is 20.2 Å². The van der Waals surface area contributed by atoms with Crippen molar-refractivity contribution in [3.63, 3.8) is 0 Å². The summed E-state index contributed by atoms with van der Waals surface area (Å²) < 4.78 is 28.8. The van der Waals surface area contributed by atoms with E-state index in [1.807, 2.05) is 6.07 Å². The molecule has 1 heterocycles. The molecular formula is C20H22ClF2N3O2. The number of carbonyl (C=O) groups is 1. The standard InChI is InChI=1S/C20H22ClF2N3O2/c1-14-3-2-4-16(11-14)26-9-7-25(8-10-26)13-19(27)24-15-5-6-18(17(21)12-15)28-20(22)23/h2-6,11-12,20H,7-10,13H2,1H3,(H,24,27). The van der Waals surface area contributed by atoms with Crippen molar-refractivity contribution in [2.24, 2.45) is 0 Å². The van der Waals surface area contributed by atoms with Crippen LogP contribution in [0.3, 0.4) is 0 Å². The second kappa shape index (κ2) is 9.21. The van der Waals surface area contributed by atoms with Crippen molar-refractivity contribution >= 4 is 28.9 Å². The Bertz CT molecular complexity index is 827. The SMILES string of the molecule is Cc1cccc(N2CCN(CC(=O)Nc3ccc(OC(F)F)c(Cl)c3)CC2)c1. The van der Waals surface area contributed by atoms with Crippen molar-refractivity contribution < 1.29 is 18.3 Å². The van der Waals surface area contributed by atoms with E-state index in [0.29, 0.717) is 5.69 Å². The van der Waals surface area contributed by atoms with Crippen LogP contribution < -0.4 is 15.0 Å². The molecule has 0 spiro atoms. The monoisotopic (exact) mass is 409 g/mol. The number of piperazine rings is 1. The molecule has 3 rings (SSSR count). The third-order valence-corrected chi connectivity index (χ3v) is 4.83. The van der Waals surface area contributed by atoms with Crippen LogP contribution in [0.15, 0.2) is 42.5 Å². The lowest BCUT2D eigenvalue weighted by atomic mass is 10.2. The van der Waals surface area contributed by atoms with E-state index in [1.165, 1.54) is 29.4 Å². The molecule has 0 unspecified atom stereocenters. The highest BCUT2D eigenvalue weighted by Crippen LogP contribution is 2.29. The van der Waals surface area contributed by atoms with Crippen LogP contribution in [-0.2, 0) is 4.79 Å². The molecule has 8 heteroatoms. The summed E-state index contributed by atoms with van der Waals surface area (Å²) in [5.74, 6) is -0.301. The van der Waals surface area contributed by atoms with Gasteiger partial charge in [0.25, 0.3) is 0 Å². The molecule has 1 fully saturated rings. The minimum atomic E-state index is -2.95. The highest BCUT2D eigenvalue weighted by atomic mass is 35.5. The van der Waals surface area contributed by atoms with E-state index in [9.17, 15) is 13.6 Å². The molecule has 1 aliphatic heterocycles. The molecule has 0 bridgehead atoms. The van der Waals surface area contributed by atoms with Crippen LogP contribution in [-0.4, -0.2) is 50.1 Å². The van der Waals surface area contributed by atoms with Gasteiger partial charge in [-0.1, -0.05) is 23.7 Å². The molecule has 5 nitrogen and oxygen atoms in total. The number of nitrogens with one attached hydrogen (secondary N) is 1. The molecule has 0 aliphatic carbocycles. The number of halogens is 3. The third kappa shape index (κ3) is 5.56. The lowest BCUT2D eigenvalue weighted by molar-refractivity contribution is -0.117. The lowest BCUT2D eigenvalue weighted by Crippen LogP contribution is -2.48. The molecule has 0 radical (unpaired) electrons. The van der Waals surface area contributed by atoms with Crippen LogP contribution in [0.1, 0.15) is 5.56 Å². The Kier molecular flexibility index (Phi) is 6.70. The first-order valence-electron chi connectivity index (χ1n) is 8.99. The Hall–Kier alpha value is -2.38. The number of nitrogens with zero attached hydrogens (tertiary/aromatic N) is 2. The molecule has 0 saturated carbocycles. The maximum atomic E-state index is 12.3. The average molecular weight is 410 g/mol. The van der Waals surface area contributed by atoms with Crippen LogP contribution in [0.25, 0.3) is 0 Å². The summed E-state index contributed by atoms with van der Waals surface area (Å²) in [7, 11) is 0. The van der Waals surface area contributed by atoms with Crippen molar-refractivity contribution in [2.75, 3.05) is 42.9 Å². The summed E-state index contributed by atoms with van der Waals surface area (Å²) in [6.07, 6.45) is 0. The average Bonchev–Trinajstić information content (AvgIpc) is 2.64. The highest BCUT2D eigenvalue weighted by molar-refractivity contribution is 6.32. The van der Waals surface area contributed by atoms with Crippen LogP contribution in [0.2, 0.25) is 5.02 Å². The van der Waals surface area contributed by atoms with Gasteiger partial charge in [-0.05, 0) is 42.8 Å². The summed E-state index contributed by atoms with van der Waals surface area (Å²) >= 11 is 5.91. The minimum absolute atomic E-state index is 0.0184. The second-order valence-corrected chi connectivity index (χ2v) is 7.08. The normalized spacial score (nSPS) is 15.0. The Labute approximate surface area is 167 Å². The smallest absolute Gasteiger partial charge is 0.387 e. The van der Waals surface area contributed by atoms with Gasteiger partial charge in [0.15, 0.2) is 0 Å². The first kappa shape index (κ1) is 20.4.